The van der Waals surface area contributed by atoms with Gasteiger partial charge in [-0.05, 0) is 19.1 Å². The molecule has 0 fully saturated rings. The highest BCUT2D eigenvalue weighted by Gasteiger charge is 2.08. The van der Waals surface area contributed by atoms with E-state index >= 15 is 0 Å². The fourth-order valence-corrected chi connectivity index (χ4v) is 1.81. The molecule has 0 saturated carbocycles. The van der Waals surface area contributed by atoms with Crippen LogP contribution in [-0.2, 0) is 9.53 Å². The molecule has 0 aliphatic heterocycles. The van der Waals surface area contributed by atoms with Crippen molar-refractivity contribution >= 4 is 29.1 Å². The Kier molecular flexibility index (Phi) is 25.3. The Balaban J connectivity index is -0.000000440. The molecule has 0 saturated heterocycles. The van der Waals surface area contributed by atoms with E-state index < -0.39 is 5.97 Å². The monoisotopic (exact) mass is 455 g/mol. The first kappa shape index (κ1) is 33.5. The number of rotatable bonds is 9. The van der Waals surface area contributed by atoms with Crippen molar-refractivity contribution in [3.8, 4) is 0 Å². The highest BCUT2D eigenvalue weighted by molar-refractivity contribution is 5.93. The number of carboxylic acid groups (broad SMARTS) is 1. The molecule has 10 nitrogen and oxygen atoms in total. The van der Waals surface area contributed by atoms with Crippen LogP contribution in [0.2, 0.25) is 0 Å². The average molecular weight is 456 g/mol. The van der Waals surface area contributed by atoms with E-state index in [0.29, 0.717) is 42.9 Å². The summed E-state index contributed by atoms with van der Waals surface area (Å²) in [6, 6.07) is 3.10. The number of hydrogen-bond donors (Lipinski definition) is 6. The molecule has 0 radical (unpaired) electrons. The Labute approximate surface area is 191 Å². The minimum atomic E-state index is -1.04. The maximum Gasteiger partial charge on any atom is 0.352 e. The molecule has 7 N–H and O–H groups in total. The van der Waals surface area contributed by atoms with Gasteiger partial charge in [0.2, 0.25) is 6.41 Å². The number of aromatic amines is 1. The van der Waals surface area contributed by atoms with E-state index in [0.717, 1.165) is 5.70 Å². The molecule has 0 aromatic carbocycles. The Morgan fingerprint density at radius 2 is 1.81 bits per heavy atom. The molecule has 0 bridgehead atoms. The van der Waals surface area contributed by atoms with Crippen LogP contribution < -0.4 is 16.4 Å². The van der Waals surface area contributed by atoms with E-state index in [-0.39, 0.29) is 12.3 Å². The molecule has 2 aromatic rings. The number of amides is 1. The molecule has 184 valence electrons. The minimum absolute atomic E-state index is 0.0701. The summed E-state index contributed by atoms with van der Waals surface area (Å²) in [6.45, 7) is 15.6. The zero-order chi connectivity index (χ0) is 25.4. The number of pyridine rings is 1. The number of H-pyrrole nitrogens is 1. The molecule has 0 atom stereocenters. The lowest BCUT2D eigenvalue weighted by Gasteiger charge is -2.01. The van der Waals surface area contributed by atoms with Gasteiger partial charge in [-0.25, -0.2) is 9.78 Å². The predicted octanol–water partition coefficient (Wildman–Crippen LogP) is 3.31. The van der Waals surface area contributed by atoms with Gasteiger partial charge in [-0.15, -0.1) is 0 Å². The number of nitrogens with one attached hydrogen (secondary N) is 3. The highest BCUT2D eigenvalue weighted by Crippen LogP contribution is 2.17. The zero-order valence-electron chi connectivity index (χ0n) is 20.4. The number of allylic oxidation sites excluding steroid dienone is 1. The van der Waals surface area contributed by atoms with E-state index in [4.69, 9.17) is 20.7 Å². The second-order valence-electron chi connectivity index (χ2n) is 5.09. The maximum absolute atomic E-state index is 10.7. The molecule has 0 aliphatic rings. The minimum Gasteiger partial charge on any atom is -0.477 e. The van der Waals surface area contributed by atoms with Crippen molar-refractivity contribution in [2.75, 3.05) is 31.7 Å². The van der Waals surface area contributed by atoms with Gasteiger partial charge < -0.3 is 36.3 Å². The highest BCUT2D eigenvalue weighted by atomic mass is 16.5. The summed E-state index contributed by atoms with van der Waals surface area (Å²) in [4.78, 5) is 27.4. The van der Waals surface area contributed by atoms with Crippen LogP contribution in [-0.4, -0.2) is 58.9 Å². The third kappa shape index (κ3) is 16.7. The summed E-state index contributed by atoms with van der Waals surface area (Å²) in [7, 11) is 0. The molecule has 0 unspecified atom stereocenters. The quantitative estimate of drug-likeness (QED) is 0.248. The van der Waals surface area contributed by atoms with Crippen molar-refractivity contribution in [3.05, 3.63) is 35.9 Å². The lowest BCUT2D eigenvalue weighted by molar-refractivity contribution is -0.105. The fraction of sp³-hybridized carbons (Fsp3) is 0.500. The molecule has 10 heteroatoms. The summed E-state index contributed by atoms with van der Waals surface area (Å²) in [5.41, 5.74) is 7.16. The van der Waals surface area contributed by atoms with Gasteiger partial charge in [0.25, 0.3) is 0 Å². The van der Waals surface area contributed by atoms with Crippen molar-refractivity contribution in [2.24, 2.45) is 5.73 Å². The lowest BCUT2D eigenvalue weighted by Crippen LogP contribution is -2.16. The Bertz CT molecular complexity index is 743. The van der Waals surface area contributed by atoms with Gasteiger partial charge in [0.15, 0.2) is 0 Å². The van der Waals surface area contributed by atoms with E-state index in [1.165, 1.54) is 12.3 Å². The number of fused-ring (bicyclic) bond motifs is 1. The number of carbonyl (C=O) groups excluding carboxylic acids is 1. The molecule has 2 rings (SSSR count). The molecule has 2 heterocycles. The van der Waals surface area contributed by atoms with Gasteiger partial charge in [-0.2, -0.15) is 0 Å². The number of nitrogens with zero attached hydrogens (tertiary/aromatic N) is 1. The van der Waals surface area contributed by atoms with Crippen LogP contribution in [0, 0.1) is 0 Å². The first-order valence-electron chi connectivity index (χ1n) is 10.7. The third-order valence-corrected chi connectivity index (χ3v) is 2.88. The normalized spacial score (nSPS) is 9.31. The predicted molar refractivity (Wildman–Crippen MR) is 131 cm³/mol. The number of anilines is 1. The van der Waals surface area contributed by atoms with Gasteiger partial charge in [0.05, 0.1) is 31.7 Å². The first-order valence-corrected chi connectivity index (χ1v) is 10.7. The van der Waals surface area contributed by atoms with Crippen molar-refractivity contribution in [1.82, 2.24) is 15.3 Å². The van der Waals surface area contributed by atoms with Crippen molar-refractivity contribution in [3.63, 3.8) is 0 Å². The summed E-state index contributed by atoms with van der Waals surface area (Å²) in [5.74, 6) is -1.04. The number of nitrogens with two attached hydrogens (primary N) is 1. The largest absolute Gasteiger partial charge is 0.477 e. The van der Waals surface area contributed by atoms with E-state index in [1.807, 2.05) is 48.5 Å². The number of aliphatic hydroxyl groups is 1. The molecular weight excluding hydrogens is 414 g/mol. The van der Waals surface area contributed by atoms with E-state index in [1.54, 1.807) is 12.3 Å². The second kappa shape index (κ2) is 24.2. The summed E-state index contributed by atoms with van der Waals surface area (Å²) in [5, 5.41) is 23.1. The molecule has 0 aliphatic carbocycles. The van der Waals surface area contributed by atoms with Crippen LogP contribution in [0.15, 0.2) is 30.2 Å². The fourth-order valence-electron chi connectivity index (χ4n) is 1.81. The van der Waals surface area contributed by atoms with Gasteiger partial charge in [0, 0.05) is 23.8 Å². The summed E-state index contributed by atoms with van der Waals surface area (Å²) >= 11 is 0. The van der Waals surface area contributed by atoms with Crippen molar-refractivity contribution in [2.45, 2.75) is 48.5 Å². The van der Waals surface area contributed by atoms with Crippen LogP contribution in [0.5, 0.6) is 0 Å². The zero-order valence-corrected chi connectivity index (χ0v) is 20.4. The van der Waals surface area contributed by atoms with Gasteiger partial charge in [-0.3, -0.25) is 4.79 Å². The molecular formula is C22H41N5O5. The second-order valence-corrected chi connectivity index (χ2v) is 5.09. The topological polar surface area (TPSA) is 163 Å². The number of hydrogen-bond acceptors (Lipinski definition) is 7. The van der Waals surface area contributed by atoms with Crippen LogP contribution in [0.25, 0.3) is 11.0 Å². The van der Waals surface area contributed by atoms with Crippen LogP contribution in [0.3, 0.4) is 0 Å². The van der Waals surface area contributed by atoms with Gasteiger partial charge in [-0.1, -0.05) is 41.5 Å². The standard InChI is InChI=1S/C9H7N3O3.C7H16N2O2.3C2H6/c13-4-11-6-1-5-2-7(9(14)15)12-8(5)10-3-6;1-7(8)6-9-2-4-11-5-3-10;3*1-2/h1-4H,(H,10,12)(H,11,13)(H,14,15);6,9-10H,2-5,8H2,1H3;3*1-2H3/b;7-6-;;;. The number of carboxylic acids is 1. The van der Waals surface area contributed by atoms with E-state index in [9.17, 15) is 9.59 Å². The summed E-state index contributed by atoms with van der Waals surface area (Å²) < 4.78 is 4.98. The van der Waals surface area contributed by atoms with Crippen LogP contribution in [0.1, 0.15) is 59.0 Å². The summed E-state index contributed by atoms with van der Waals surface area (Å²) in [6.07, 6.45) is 3.70. The first-order chi connectivity index (χ1) is 15.5. The number of carbonyl (C=O) groups is 2. The van der Waals surface area contributed by atoms with Gasteiger partial charge in [0.1, 0.15) is 11.3 Å². The Hall–Kier alpha value is -3.11. The number of aliphatic hydroxyl groups excluding tert-OH is 1. The molecule has 0 spiro atoms. The number of aromatic carboxylic acids is 1. The Morgan fingerprint density at radius 1 is 1.19 bits per heavy atom. The van der Waals surface area contributed by atoms with Crippen LogP contribution >= 0.6 is 0 Å². The molecule has 1 amide bonds. The number of ether oxygens (including phenoxy) is 1. The van der Waals surface area contributed by atoms with Crippen molar-refractivity contribution in [1.29, 1.82) is 0 Å². The third-order valence-electron chi connectivity index (χ3n) is 2.88. The average Bonchev–Trinajstić information content (AvgIpc) is 3.25. The van der Waals surface area contributed by atoms with E-state index in [2.05, 4.69) is 20.6 Å². The SMILES string of the molecule is C/C(N)=C/NCCOCCO.CC.CC.CC.O=CNc1cnc2[nH]c(C(=O)O)cc2c1. The smallest absolute Gasteiger partial charge is 0.352 e. The van der Waals surface area contributed by atoms with Crippen molar-refractivity contribution < 1.29 is 24.5 Å². The van der Waals surface area contributed by atoms with Gasteiger partial charge >= 0.3 is 5.97 Å². The number of aromatic nitrogens is 2. The molecule has 32 heavy (non-hydrogen) atoms. The molecule has 2 aromatic heterocycles. The Morgan fingerprint density at radius 3 is 2.31 bits per heavy atom. The van der Waals surface area contributed by atoms with Crippen LogP contribution in [0.4, 0.5) is 5.69 Å². The lowest BCUT2D eigenvalue weighted by atomic mass is 10.3. The maximum atomic E-state index is 10.7.